The van der Waals surface area contributed by atoms with Crippen LogP contribution in [-0.4, -0.2) is 4.98 Å². The van der Waals surface area contributed by atoms with Crippen molar-refractivity contribution in [1.82, 2.24) is 4.98 Å². The van der Waals surface area contributed by atoms with Crippen molar-refractivity contribution in [2.24, 2.45) is 5.92 Å². The number of hydrogen-bond donors (Lipinski definition) is 0. The number of nitrogens with zero attached hydrogens (tertiary/aromatic N) is 1. The quantitative estimate of drug-likeness (QED) is 0.368. The summed E-state index contributed by atoms with van der Waals surface area (Å²) in [6.07, 6.45) is 17.1. The first-order valence-electron chi connectivity index (χ1n) is 12.0. The number of pyridine rings is 1. The van der Waals surface area contributed by atoms with Crippen molar-refractivity contribution >= 4 is 0 Å². The predicted octanol–water partition coefficient (Wildman–Crippen LogP) is 8.47. The number of aromatic nitrogens is 1. The van der Waals surface area contributed by atoms with Crippen molar-refractivity contribution in [3.63, 3.8) is 0 Å². The molecule has 0 N–H and O–H groups in total. The van der Waals surface area contributed by atoms with Crippen molar-refractivity contribution in [1.29, 1.82) is 0 Å². The zero-order valence-corrected chi connectivity index (χ0v) is 18.4. The second-order valence-corrected chi connectivity index (χ2v) is 8.96. The van der Waals surface area contributed by atoms with Gasteiger partial charge in [0.05, 0.1) is 5.69 Å². The Morgan fingerprint density at radius 1 is 0.897 bits per heavy atom. The molecule has 3 rings (SSSR count). The van der Waals surface area contributed by atoms with Gasteiger partial charge in [-0.1, -0.05) is 64.5 Å². The minimum Gasteiger partial charge on any atom is -0.256 e. The Balaban J connectivity index is 1.57. The van der Waals surface area contributed by atoms with Crippen LogP contribution in [0.5, 0.6) is 0 Å². The Bertz CT molecular complexity index is 729. The van der Waals surface area contributed by atoms with E-state index in [1.165, 1.54) is 69.8 Å². The highest BCUT2D eigenvalue weighted by Gasteiger charge is 2.22. The van der Waals surface area contributed by atoms with Crippen LogP contribution in [-0.2, 0) is 6.42 Å². The minimum absolute atomic E-state index is 0.142. The number of halogens is 1. The highest BCUT2D eigenvalue weighted by atomic mass is 19.1. The third kappa shape index (κ3) is 6.39. The Labute approximate surface area is 177 Å². The van der Waals surface area contributed by atoms with Gasteiger partial charge in [-0.25, -0.2) is 4.39 Å². The monoisotopic (exact) mass is 395 g/mol. The number of rotatable bonds is 10. The topological polar surface area (TPSA) is 12.9 Å². The van der Waals surface area contributed by atoms with Gasteiger partial charge in [0.15, 0.2) is 0 Å². The zero-order chi connectivity index (χ0) is 20.5. The minimum atomic E-state index is -0.142. The molecule has 0 unspecified atom stereocenters. The fraction of sp³-hybridized carbons (Fsp3) is 0.593. The molecular formula is C27H38FN. The average molecular weight is 396 g/mol. The van der Waals surface area contributed by atoms with Gasteiger partial charge >= 0.3 is 0 Å². The lowest BCUT2D eigenvalue weighted by molar-refractivity contribution is 0.308. The molecule has 0 saturated heterocycles. The Hall–Kier alpha value is -1.70. The van der Waals surface area contributed by atoms with Crippen LogP contribution >= 0.6 is 0 Å². The lowest BCUT2D eigenvalue weighted by atomic mass is 9.77. The van der Waals surface area contributed by atoms with Crippen LogP contribution < -0.4 is 0 Å². The van der Waals surface area contributed by atoms with Crippen molar-refractivity contribution < 1.29 is 4.39 Å². The van der Waals surface area contributed by atoms with Crippen LogP contribution in [0, 0.1) is 11.7 Å². The standard InChI is InChI=1S/C27H38FN/c1-3-5-6-7-8-10-22-13-17-25(26(28)19-22)27-18-16-24(20-29-27)23-14-11-21(9-4-2)12-15-23/h13,16-21,23H,3-12,14-15H2,1-2H3. The third-order valence-electron chi connectivity index (χ3n) is 6.68. The molecular weight excluding hydrogens is 357 g/mol. The summed E-state index contributed by atoms with van der Waals surface area (Å²) in [5.41, 5.74) is 3.80. The van der Waals surface area contributed by atoms with E-state index in [2.05, 4.69) is 31.0 Å². The van der Waals surface area contributed by atoms with E-state index < -0.39 is 0 Å². The first-order chi connectivity index (χ1) is 14.2. The summed E-state index contributed by atoms with van der Waals surface area (Å²) in [4.78, 5) is 4.63. The van der Waals surface area contributed by atoms with Gasteiger partial charge in [0.25, 0.3) is 0 Å². The molecule has 0 radical (unpaired) electrons. The molecule has 1 saturated carbocycles. The van der Waals surface area contributed by atoms with Gasteiger partial charge in [-0.3, -0.25) is 4.98 Å². The molecule has 1 aliphatic rings. The molecule has 2 heteroatoms. The van der Waals surface area contributed by atoms with Crippen LogP contribution in [0.4, 0.5) is 4.39 Å². The lowest BCUT2D eigenvalue weighted by Crippen LogP contribution is -2.13. The fourth-order valence-electron chi connectivity index (χ4n) is 4.85. The highest BCUT2D eigenvalue weighted by Crippen LogP contribution is 2.37. The molecule has 0 atom stereocenters. The van der Waals surface area contributed by atoms with E-state index >= 15 is 0 Å². The first-order valence-corrected chi connectivity index (χ1v) is 12.0. The lowest BCUT2D eigenvalue weighted by Gasteiger charge is -2.28. The third-order valence-corrected chi connectivity index (χ3v) is 6.68. The largest absolute Gasteiger partial charge is 0.256 e. The van der Waals surface area contributed by atoms with E-state index in [0.29, 0.717) is 11.5 Å². The highest BCUT2D eigenvalue weighted by molar-refractivity contribution is 5.60. The number of aryl methyl sites for hydroxylation is 1. The van der Waals surface area contributed by atoms with Gasteiger partial charge < -0.3 is 0 Å². The van der Waals surface area contributed by atoms with Crippen molar-refractivity contribution in [3.05, 3.63) is 53.5 Å². The van der Waals surface area contributed by atoms with E-state index in [9.17, 15) is 4.39 Å². The Morgan fingerprint density at radius 3 is 2.34 bits per heavy atom. The SMILES string of the molecule is CCCCCCCc1ccc(-c2ccc(C3CCC(CCC)CC3)cn2)c(F)c1. The van der Waals surface area contributed by atoms with Crippen LogP contribution in [0.2, 0.25) is 0 Å². The maximum absolute atomic E-state index is 14.7. The summed E-state index contributed by atoms with van der Waals surface area (Å²) >= 11 is 0. The number of hydrogen-bond acceptors (Lipinski definition) is 1. The Kier molecular flexibility index (Phi) is 8.70. The second-order valence-electron chi connectivity index (χ2n) is 8.96. The van der Waals surface area contributed by atoms with Gasteiger partial charge in [-0.05, 0) is 79.7 Å². The molecule has 1 nitrogen and oxygen atoms in total. The van der Waals surface area contributed by atoms with E-state index in [1.54, 1.807) is 6.07 Å². The molecule has 0 spiro atoms. The van der Waals surface area contributed by atoms with Gasteiger partial charge in [-0.15, -0.1) is 0 Å². The molecule has 1 aromatic heterocycles. The van der Waals surface area contributed by atoms with Gasteiger partial charge in [0, 0.05) is 11.8 Å². The summed E-state index contributed by atoms with van der Waals surface area (Å²) in [6, 6.07) is 9.88. The van der Waals surface area contributed by atoms with Crippen LogP contribution in [0.3, 0.4) is 0 Å². The van der Waals surface area contributed by atoms with Crippen molar-refractivity contribution in [2.75, 3.05) is 0 Å². The molecule has 0 aliphatic heterocycles. The molecule has 29 heavy (non-hydrogen) atoms. The summed E-state index contributed by atoms with van der Waals surface area (Å²) in [6.45, 7) is 4.51. The second kappa shape index (κ2) is 11.5. The van der Waals surface area contributed by atoms with Crippen LogP contribution in [0.25, 0.3) is 11.3 Å². The molecule has 2 aromatic rings. The fourth-order valence-corrected chi connectivity index (χ4v) is 4.85. The Morgan fingerprint density at radius 2 is 1.69 bits per heavy atom. The molecule has 1 heterocycles. The smallest absolute Gasteiger partial charge is 0.132 e. The summed E-state index contributed by atoms with van der Waals surface area (Å²) in [5, 5.41) is 0. The molecule has 0 amide bonds. The van der Waals surface area contributed by atoms with E-state index in [4.69, 9.17) is 0 Å². The maximum Gasteiger partial charge on any atom is 0.132 e. The average Bonchev–Trinajstić information content (AvgIpc) is 2.75. The van der Waals surface area contributed by atoms with Gasteiger partial charge in [0.1, 0.15) is 5.82 Å². The number of unbranched alkanes of at least 4 members (excludes halogenated alkanes) is 4. The molecule has 1 aliphatic carbocycles. The zero-order valence-electron chi connectivity index (χ0n) is 18.4. The van der Waals surface area contributed by atoms with E-state index in [-0.39, 0.29) is 5.82 Å². The first kappa shape index (κ1) is 22.0. The molecule has 1 fully saturated rings. The maximum atomic E-state index is 14.7. The summed E-state index contributed by atoms with van der Waals surface area (Å²) in [7, 11) is 0. The number of benzene rings is 1. The summed E-state index contributed by atoms with van der Waals surface area (Å²) in [5.74, 6) is 1.41. The van der Waals surface area contributed by atoms with Gasteiger partial charge in [0.2, 0.25) is 0 Å². The normalized spacial score (nSPS) is 19.4. The van der Waals surface area contributed by atoms with Crippen molar-refractivity contribution in [2.45, 2.75) is 96.8 Å². The molecule has 1 aromatic carbocycles. The van der Waals surface area contributed by atoms with Crippen LogP contribution in [0.1, 0.15) is 102 Å². The van der Waals surface area contributed by atoms with Gasteiger partial charge in [-0.2, -0.15) is 0 Å². The predicted molar refractivity (Wildman–Crippen MR) is 122 cm³/mol. The van der Waals surface area contributed by atoms with Crippen molar-refractivity contribution in [3.8, 4) is 11.3 Å². The van der Waals surface area contributed by atoms with E-state index in [1.807, 2.05) is 18.3 Å². The molecule has 0 bridgehead atoms. The van der Waals surface area contributed by atoms with Crippen LogP contribution in [0.15, 0.2) is 36.5 Å². The van der Waals surface area contributed by atoms with E-state index in [0.717, 1.165) is 30.0 Å². The summed E-state index contributed by atoms with van der Waals surface area (Å²) < 4.78 is 14.7. The molecule has 158 valence electrons.